The van der Waals surface area contributed by atoms with Crippen LogP contribution >= 0.6 is 23.5 Å². The summed E-state index contributed by atoms with van der Waals surface area (Å²) in [5, 5.41) is 3.70. The zero-order valence-electron chi connectivity index (χ0n) is 10.5. The van der Waals surface area contributed by atoms with Crippen LogP contribution in [0.25, 0.3) is 0 Å². The molecule has 2 heterocycles. The number of amides is 2. The Morgan fingerprint density at radius 2 is 2.12 bits per heavy atom. The largest absolute Gasteiger partial charge is 0.337 e. The lowest BCUT2D eigenvalue weighted by molar-refractivity contribution is 0.174. The number of hydrogen-bond acceptors (Lipinski definition) is 3. The molecule has 0 saturated carbocycles. The number of nitrogens with one attached hydrogen (secondary N) is 1. The quantitative estimate of drug-likeness (QED) is 0.838. The molecule has 0 bridgehead atoms. The third-order valence-electron chi connectivity index (χ3n) is 3.44. The molecule has 2 amide bonds. The van der Waals surface area contributed by atoms with Crippen LogP contribution in [-0.4, -0.2) is 53.1 Å². The lowest BCUT2D eigenvalue weighted by atomic mass is 10.00. The molecule has 2 saturated heterocycles. The summed E-state index contributed by atoms with van der Waals surface area (Å²) in [6, 6.07) is 0.146. The fourth-order valence-corrected chi connectivity index (χ4v) is 4.79. The van der Waals surface area contributed by atoms with Gasteiger partial charge in [-0.1, -0.05) is 6.92 Å². The van der Waals surface area contributed by atoms with E-state index in [-0.39, 0.29) is 6.03 Å². The maximum Gasteiger partial charge on any atom is 0.317 e. The van der Waals surface area contributed by atoms with Crippen LogP contribution in [-0.2, 0) is 0 Å². The van der Waals surface area contributed by atoms with E-state index in [0.717, 1.165) is 38.4 Å². The van der Waals surface area contributed by atoms with Gasteiger partial charge in [0.2, 0.25) is 0 Å². The van der Waals surface area contributed by atoms with Crippen molar-refractivity contribution < 1.29 is 4.79 Å². The molecule has 0 aromatic rings. The first-order valence-electron chi connectivity index (χ1n) is 6.48. The molecular formula is C12H22N2OS2. The van der Waals surface area contributed by atoms with Crippen molar-refractivity contribution in [1.82, 2.24) is 10.2 Å². The molecule has 0 aliphatic carbocycles. The van der Waals surface area contributed by atoms with E-state index >= 15 is 0 Å². The van der Waals surface area contributed by atoms with Crippen LogP contribution in [0, 0.1) is 5.92 Å². The number of urea groups is 1. The van der Waals surface area contributed by atoms with Gasteiger partial charge in [-0.25, -0.2) is 4.79 Å². The number of carbonyl (C=O) groups excluding carboxylic acids is 1. The van der Waals surface area contributed by atoms with Crippen LogP contribution < -0.4 is 5.32 Å². The molecule has 0 spiro atoms. The highest BCUT2D eigenvalue weighted by Gasteiger charge is 2.21. The number of likely N-dealkylation sites (tertiary alicyclic amines) is 1. The first-order chi connectivity index (χ1) is 8.25. The average Bonchev–Trinajstić information content (AvgIpc) is 2.38. The maximum absolute atomic E-state index is 11.9. The Kier molecular flexibility index (Phi) is 5.35. The molecule has 2 rings (SSSR count). The van der Waals surface area contributed by atoms with Crippen molar-refractivity contribution in [3.63, 3.8) is 0 Å². The summed E-state index contributed by atoms with van der Waals surface area (Å²) in [6.45, 7) is 4.97. The molecule has 98 valence electrons. The summed E-state index contributed by atoms with van der Waals surface area (Å²) in [5.41, 5.74) is 0. The Morgan fingerprint density at radius 3 is 2.76 bits per heavy atom. The van der Waals surface area contributed by atoms with E-state index in [4.69, 9.17) is 0 Å². The van der Waals surface area contributed by atoms with Gasteiger partial charge in [0.1, 0.15) is 0 Å². The molecule has 0 aromatic heterocycles. The van der Waals surface area contributed by atoms with Crippen molar-refractivity contribution in [3.8, 4) is 0 Å². The zero-order chi connectivity index (χ0) is 12.1. The van der Waals surface area contributed by atoms with Crippen molar-refractivity contribution in [2.75, 3.05) is 36.9 Å². The van der Waals surface area contributed by atoms with Crippen LogP contribution in [0.15, 0.2) is 0 Å². The zero-order valence-corrected chi connectivity index (χ0v) is 12.1. The first kappa shape index (κ1) is 13.4. The molecule has 3 nitrogen and oxygen atoms in total. The third-order valence-corrected chi connectivity index (χ3v) is 6.28. The minimum atomic E-state index is 0.146. The lowest BCUT2D eigenvalue weighted by Gasteiger charge is -2.31. The minimum Gasteiger partial charge on any atom is -0.337 e. The second-order valence-corrected chi connectivity index (χ2v) is 7.48. The molecule has 0 aromatic carbocycles. The Balaban J connectivity index is 1.66. The summed E-state index contributed by atoms with van der Waals surface area (Å²) >= 11 is 4.00. The van der Waals surface area contributed by atoms with Gasteiger partial charge in [-0.3, -0.25) is 0 Å². The van der Waals surface area contributed by atoms with Gasteiger partial charge in [-0.2, -0.15) is 23.5 Å². The molecule has 2 aliphatic rings. The van der Waals surface area contributed by atoms with Crippen LogP contribution in [0.1, 0.15) is 19.8 Å². The van der Waals surface area contributed by atoms with Gasteiger partial charge in [-0.15, -0.1) is 0 Å². The molecule has 17 heavy (non-hydrogen) atoms. The van der Waals surface area contributed by atoms with E-state index in [1.54, 1.807) is 0 Å². The average molecular weight is 274 g/mol. The third kappa shape index (κ3) is 4.28. The van der Waals surface area contributed by atoms with Gasteiger partial charge in [0.05, 0.1) is 0 Å². The van der Waals surface area contributed by atoms with Gasteiger partial charge in [0.25, 0.3) is 0 Å². The fourth-order valence-electron chi connectivity index (χ4n) is 2.18. The van der Waals surface area contributed by atoms with E-state index in [0.29, 0.717) is 5.25 Å². The highest BCUT2D eigenvalue weighted by Crippen LogP contribution is 2.23. The smallest absolute Gasteiger partial charge is 0.317 e. The Labute approximate surface area is 112 Å². The van der Waals surface area contributed by atoms with E-state index in [1.807, 2.05) is 28.4 Å². The van der Waals surface area contributed by atoms with Gasteiger partial charge in [-0.05, 0) is 18.8 Å². The Morgan fingerprint density at radius 1 is 1.35 bits per heavy atom. The standard InChI is InChI=1S/C12H22N2OS2/c1-10-2-4-14(5-3-10)12(15)13-8-11-9-16-6-7-17-11/h10-11H,2-9H2,1H3,(H,13,15). The molecule has 2 fully saturated rings. The van der Waals surface area contributed by atoms with Gasteiger partial charge >= 0.3 is 6.03 Å². The predicted octanol–water partition coefficient (Wildman–Crippen LogP) is 2.28. The number of carbonyl (C=O) groups is 1. The monoisotopic (exact) mass is 274 g/mol. The van der Waals surface area contributed by atoms with E-state index < -0.39 is 0 Å². The summed E-state index contributed by atoms with van der Waals surface area (Å²) in [4.78, 5) is 13.9. The Bertz CT molecular complexity index is 249. The highest BCUT2D eigenvalue weighted by molar-refractivity contribution is 8.06. The number of hydrogen-bond donors (Lipinski definition) is 1. The summed E-state index contributed by atoms with van der Waals surface area (Å²) in [6.07, 6.45) is 2.31. The normalized spacial score (nSPS) is 26.9. The molecule has 5 heteroatoms. The highest BCUT2D eigenvalue weighted by atomic mass is 32.2. The van der Waals surface area contributed by atoms with Crippen LogP contribution in [0.5, 0.6) is 0 Å². The molecule has 2 aliphatic heterocycles. The Hall–Kier alpha value is -0.0300. The van der Waals surface area contributed by atoms with E-state index in [2.05, 4.69) is 12.2 Å². The molecular weight excluding hydrogens is 252 g/mol. The van der Waals surface area contributed by atoms with Gasteiger partial charge < -0.3 is 10.2 Å². The topological polar surface area (TPSA) is 32.3 Å². The summed E-state index contributed by atoms with van der Waals surface area (Å²) in [7, 11) is 0. The molecule has 1 atom stereocenters. The van der Waals surface area contributed by atoms with E-state index in [1.165, 1.54) is 17.3 Å². The second-order valence-electron chi connectivity index (χ2n) is 4.92. The molecule has 0 radical (unpaired) electrons. The predicted molar refractivity (Wildman–Crippen MR) is 76.9 cm³/mol. The second kappa shape index (κ2) is 6.78. The SMILES string of the molecule is CC1CCN(C(=O)NCC2CSCCS2)CC1. The first-order valence-corrected chi connectivity index (χ1v) is 8.68. The van der Waals surface area contributed by atoms with Crippen molar-refractivity contribution >= 4 is 29.6 Å². The number of nitrogens with zero attached hydrogens (tertiary/aromatic N) is 1. The van der Waals surface area contributed by atoms with Gasteiger partial charge in [0.15, 0.2) is 0 Å². The van der Waals surface area contributed by atoms with Gasteiger partial charge in [0, 0.05) is 42.1 Å². The minimum absolute atomic E-state index is 0.146. The van der Waals surface area contributed by atoms with Crippen LogP contribution in [0.2, 0.25) is 0 Å². The summed E-state index contributed by atoms with van der Waals surface area (Å²) < 4.78 is 0. The lowest BCUT2D eigenvalue weighted by Crippen LogP contribution is -2.46. The maximum atomic E-state index is 11.9. The summed E-state index contributed by atoms with van der Waals surface area (Å²) in [5.74, 6) is 4.46. The van der Waals surface area contributed by atoms with Crippen molar-refractivity contribution in [2.24, 2.45) is 5.92 Å². The molecule has 1 N–H and O–H groups in total. The van der Waals surface area contributed by atoms with Crippen molar-refractivity contribution in [3.05, 3.63) is 0 Å². The van der Waals surface area contributed by atoms with E-state index in [9.17, 15) is 4.79 Å². The number of thioether (sulfide) groups is 2. The van der Waals surface area contributed by atoms with Crippen molar-refractivity contribution in [2.45, 2.75) is 25.0 Å². The number of rotatable bonds is 2. The van der Waals surface area contributed by atoms with Crippen LogP contribution in [0.3, 0.4) is 0 Å². The fraction of sp³-hybridized carbons (Fsp3) is 0.917. The van der Waals surface area contributed by atoms with Crippen LogP contribution in [0.4, 0.5) is 4.79 Å². The molecule has 1 unspecified atom stereocenters. The van der Waals surface area contributed by atoms with Crippen molar-refractivity contribution in [1.29, 1.82) is 0 Å². The number of piperidine rings is 1.